The Morgan fingerprint density at radius 1 is 1.12 bits per heavy atom. The van der Waals surface area contributed by atoms with Gasteiger partial charge in [-0.1, -0.05) is 31.0 Å². The normalized spacial score (nSPS) is 16.9. The number of aryl methyl sites for hydroxylation is 2. The molecular formula is C26H35N5O. The highest BCUT2D eigenvalue weighted by Gasteiger charge is 2.24. The predicted octanol–water partition coefficient (Wildman–Crippen LogP) is 4.66. The van der Waals surface area contributed by atoms with Crippen molar-refractivity contribution in [3.63, 3.8) is 0 Å². The van der Waals surface area contributed by atoms with Gasteiger partial charge in [0.25, 0.3) is 5.91 Å². The highest BCUT2D eigenvalue weighted by atomic mass is 16.1. The summed E-state index contributed by atoms with van der Waals surface area (Å²) in [5, 5.41) is 7.89. The Bertz CT molecular complexity index is 1020. The third-order valence-electron chi connectivity index (χ3n) is 6.52. The molecule has 1 aromatic carbocycles. The fraction of sp³-hybridized carbons (Fsp3) is 0.462. The number of aromatic nitrogens is 3. The van der Waals surface area contributed by atoms with Crippen molar-refractivity contribution in [2.45, 2.75) is 58.9 Å². The molecule has 3 aromatic rings. The van der Waals surface area contributed by atoms with E-state index in [0.717, 1.165) is 30.2 Å². The largest absolute Gasteiger partial charge is 0.352 e. The smallest absolute Gasteiger partial charge is 0.256 e. The molecule has 32 heavy (non-hydrogen) atoms. The van der Waals surface area contributed by atoms with Gasteiger partial charge in [-0.3, -0.25) is 4.79 Å². The number of hydrogen-bond acceptors (Lipinski definition) is 3. The number of nitrogens with one attached hydrogen (secondary N) is 1. The minimum atomic E-state index is -0.0600. The average molecular weight is 434 g/mol. The summed E-state index contributed by atoms with van der Waals surface area (Å²) in [5.41, 5.74) is 3.49. The van der Waals surface area contributed by atoms with Crippen LogP contribution in [0.25, 0.3) is 11.5 Å². The molecule has 1 saturated heterocycles. The molecule has 1 N–H and O–H groups in total. The number of carbonyl (C=O) groups excluding carboxylic acids is 1. The molecule has 6 nitrogen and oxygen atoms in total. The molecule has 0 aliphatic carbocycles. The maximum absolute atomic E-state index is 13.3. The van der Waals surface area contributed by atoms with E-state index in [1.165, 1.54) is 37.8 Å². The first kappa shape index (κ1) is 22.3. The Kier molecular flexibility index (Phi) is 7.10. The van der Waals surface area contributed by atoms with Gasteiger partial charge in [0.2, 0.25) is 0 Å². The second kappa shape index (κ2) is 10.2. The first-order chi connectivity index (χ1) is 15.6. The van der Waals surface area contributed by atoms with E-state index < -0.39 is 0 Å². The molecule has 0 radical (unpaired) electrons. The van der Waals surface area contributed by atoms with E-state index in [2.05, 4.69) is 36.2 Å². The number of hydrogen-bond donors (Lipinski definition) is 1. The lowest BCUT2D eigenvalue weighted by atomic mass is 10.00. The van der Waals surface area contributed by atoms with Crippen LogP contribution >= 0.6 is 0 Å². The van der Waals surface area contributed by atoms with Gasteiger partial charge in [-0.2, -0.15) is 5.10 Å². The van der Waals surface area contributed by atoms with E-state index in [4.69, 9.17) is 5.10 Å². The van der Waals surface area contributed by atoms with E-state index in [9.17, 15) is 4.79 Å². The molecule has 1 fully saturated rings. The lowest BCUT2D eigenvalue weighted by Gasteiger charge is -2.35. The quantitative estimate of drug-likeness (QED) is 0.526. The maximum Gasteiger partial charge on any atom is 0.256 e. The molecule has 2 aromatic heterocycles. The van der Waals surface area contributed by atoms with E-state index >= 15 is 0 Å². The van der Waals surface area contributed by atoms with Gasteiger partial charge in [-0.15, -0.1) is 0 Å². The number of amides is 1. The van der Waals surface area contributed by atoms with Crippen LogP contribution < -0.4 is 5.32 Å². The molecule has 0 bridgehead atoms. The van der Waals surface area contributed by atoms with Gasteiger partial charge in [0.1, 0.15) is 5.56 Å². The van der Waals surface area contributed by atoms with Crippen LogP contribution in [-0.2, 0) is 0 Å². The standard InChI is InChI=1S/C26H35N5O/c1-4-22-10-5-6-16-29(22)19-9-15-27-25(32)24-21(3)28-31(23-13-11-20(2)12-14-23)26(24)30-17-7-8-18-30/h7-8,11-14,17-18,22H,4-6,9-10,15-16,19H2,1-3H3,(H,27,32). The Labute approximate surface area is 191 Å². The Balaban J connectivity index is 1.50. The summed E-state index contributed by atoms with van der Waals surface area (Å²) in [7, 11) is 0. The number of likely N-dealkylation sites (tertiary alicyclic amines) is 1. The molecule has 0 spiro atoms. The highest BCUT2D eigenvalue weighted by molar-refractivity contribution is 5.98. The van der Waals surface area contributed by atoms with Crippen LogP contribution in [0.15, 0.2) is 48.8 Å². The third kappa shape index (κ3) is 4.80. The molecule has 6 heteroatoms. The van der Waals surface area contributed by atoms with Gasteiger partial charge < -0.3 is 14.8 Å². The Morgan fingerprint density at radius 2 is 1.88 bits per heavy atom. The van der Waals surface area contributed by atoms with Gasteiger partial charge in [-0.25, -0.2) is 4.68 Å². The van der Waals surface area contributed by atoms with Crippen LogP contribution in [0.3, 0.4) is 0 Å². The van der Waals surface area contributed by atoms with Crippen molar-refractivity contribution in [1.82, 2.24) is 24.6 Å². The zero-order valence-corrected chi connectivity index (χ0v) is 19.6. The van der Waals surface area contributed by atoms with E-state index in [1.54, 1.807) is 0 Å². The zero-order valence-electron chi connectivity index (χ0n) is 19.6. The molecule has 1 unspecified atom stereocenters. The van der Waals surface area contributed by atoms with Crippen molar-refractivity contribution < 1.29 is 4.79 Å². The van der Waals surface area contributed by atoms with Gasteiger partial charge in [0.05, 0.1) is 11.4 Å². The van der Waals surface area contributed by atoms with E-state index in [-0.39, 0.29) is 5.91 Å². The second-order valence-electron chi connectivity index (χ2n) is 8.82. The Morgan fingerprint density at radius 3 is 2.59 bits per heavy atom. The van der Waals surface area contributed by atoms with Gasteiger partial charge in [-0.05, 0) is 70.3 Å². The van der Waals surface area contributed by atoms with E-state index in [1.807, 2.05) is 52.8 Å². The minimum Gasteiger partial charge on any atom is -0.352 e. The number of rotatable bonds is 8. The average Bonchev–Trinajstić information content (AvgIpc) is 3.45. The Hall–Kier alpha value is -2.86. The number of nitrogens with zero attached hydrogens (tertiary/aromatic N) is 4. The molecule has 0 saturated carbocycles. The first-order valence-electron chi connectivity index (χ1n) is 11.9. The number of piperidine rings is 1. The zero-order chi connectivity index (χ0) is 22.5. The highest BCUT2D eigenvalue weighted by Crippen LogP contribution is 2.23. The monoisotopic (exact) mass is 433 g/mol. The summed E-state index contributed by atoms with van der Waals surface area (Å²) in [6.45, 7) is 9.16. The summed E-state index contributed by atoms with van der Waals surface area (Å²) in [6, 6.07) is 12.8. The fourth-order valence-electron chi connectivity index (χ4n) is 4.75. The lowest BCUT2D eigenvalue weighted by Crippen LogP contribution is -2.40. The third-order valence-corrected chi connectivity index (χ3v) is 6.52. The first-order valence-corrected chi connectivity index (χ1v) is 11.9. The van der Waals surface area contributed by atoms with Crippen molar-refractivity contribution in [3.8, 4) is 11.5 Å². The van der Waals surface area contributed by atoms with Gasteiger partial charge in [0.15, 0.2) is 5.82 Å². The molecule has 3 heterocycles. The molecule has 1 aliphatic heterocycles. The van der Waals surface area contributed by atoms with Crippen LogP contribution in [-0.4, -0.2) is 50.8 Å². The maximum atomic E-state index is 13.3. The minimum absolute atomic E-state index is 0.0600. The molecule has 1 aliphatic rings. The van der Waals surface area contributed by atoms with Crippen molar-refractivity contribution >= 4 is 5.91 Å². The summed E-state index contributed by atoms with van der Waals surface area (Å²) >= 11 is 0. The van der Waals surface area contributed by atoms with E-state index in [0.29, 0.717) is 18.2 Å². The molecular weight excluding hydrogens is 398 g/mol. The predicted molar refractivity (Wildman–Crippen MR) is 129 cm³/mol. The van der Waals surface area contributed by atoms with Crippen molar-refractivity contribution in [2.75, 3.05) is 19.6 Å². The lowest BCUT2D eigenvalue weighted by molar-refractivity contribution is 0.0946. The SMILES string of the molecule is CCC1CCCCN1CCCNC(=O)c1c(C)nn(-c2ccc(C)cc2)c1-n1cccc1. The van der Waals surface area contributed by atoms with Crippen LogP contribution in [0.2, 0.25) is 0 Å². The summed E-state index contributed by atoms with van der Waals surface area (Å²) < 4.78 is 3.83. The van der Waals surface area contributed by atoms with Crippen molar-refractivity contribution in [1.29, 1.82) is 0 Å². The van der Waals surface area contributed by atoms with Crippen molar-refractivity contribution in [3.05, 3.63) is 65.6 Å². The van der Waals surface area contributed by atoms with Gasteiger partial charge >= 0.3 is 0 Å². The molecule has 4 rings (SSSR count). The topological polar surface area (TPSA) is 55.1 Å². The molecule has 170 valence electrons. The van der Waals surface area contributed by atoms with Crippen LogP contribution in [0.4, 0.5) is 0 Å². The summed E-state index contributed by atoms with van der Waals surface area (Å²) in [5.74, 6) is 0.714. The number of carbonyl (C=O) groups is 1. The van der Waals surface area contributed by atoms with Gasteiger partial charge in [0, 0.05) is 31.5 Å². The molecule has 1 atom stereocenters. The fourth-order valence-corrected chi connectivity index (χ4v) is 4.75. The summed E-state index contributed by atoms with van der Waals surface area (Å²) in [4.78, 5) is 15.9. The number of benzene rings is 1. The van der Waals surface area contributed by atoms with Crippen LogP contribution in [0.5, 0.6) is 0 Å². The van der Waals surface area contributed by atoms with Crippen LogP contribution in [0, 0.1) is 13.8 Å². The second-order valence-corrected chi connectivity index (χ2v) is 8.82. The molecule has 1 amide bonds. The van der Waals surface area contributed by atoms with Crippen LogP contribution in [0.1, 0.15) is 60.6 Å². The van der Waals surface area contributed by atoms with Crippen molar-refractivity contribution in [2.24, 2.45) is 0 Å². The summed E-state index contributed by atoms with van der Waals surface area (Å²) in [6.07, 6.45) is 10.0.